The minimum atomic E-state index is -3.81. The maximum Gasteiger partial charge on any atom is 0.351 e. The molecular weight excluding hydrogens is 354 g/mol. The summed E-state index contributed by atoms with van der Waals surface area (Å²) in [6.45, 7) is 2.95. The van der Waals surface area contributed by atoms with Crippen molar-refractivity contribution >= 4 is 11.8 Å². The maximum absolute atomic E-state index is 14.3. The SMILES string of the molecule is CC[C@H](C)[C@H](N)C(=O)OC[C@H]1O[C@@H](n2ccc(N)nc2=O)C(F)(F)[C@@H]1O. The summed E-state index contributed by atoms with van der Waals surface area (Å²) >= 11 is 0. The lowest BCUT2D eigenvalue weighted by atomic mass is 10.0. The van der Waals surface area contributed by atoms with Crippen LogP contribution in [0, 0.1) is 5.92 Å². The van der Waals surface area contributed by atoms with Crippen LogP contribution in [0.2, 0.25) is 0 Å². The second kappa shape index (κ2) is 7.64. The smallest absolute Gasteiger partial charge is 0.351 e. The number of halogens is 2. The Morgan fingerprint density at radius 2 is 2.23 bits per heavy atom. The number of anilines is 1. The van der Waals surface area contributed by atoms with Gasteiger partial charge in [-0.25, -0.2) is 4.79 Å². The molecule has 0 aliphatic carbocycles. The first-order valence-electron chi connectivity index (χ1n) is 8.07. The average molecular weight is 376 g/mol. The fraction of sp³-hybridized carbons (Fsp3) is 0.667. The largest absolute Gasteiger partial charge is 0.462 e. The molecular formula is C15H22F2N4O5. The monoisotopic (exact) mass is 376 g/mol. The van der Waals surface area contributed by atoms with Gasteiger partial charge in [-0.2, -0.15) is 13.8 Å². The number of aliphatic hydroxyl groups excluding tert-OH is 1. The van der Waals surface area contributed by atoms with Crippen LogP contribution < -0.4 is 17.2 Å². The number of hydrogen-bond donors (Lipinski definition) is 3. The minimum absolute atomic E-state index is 0.141. The molecule has 0 aromatic carbocycles. The van der Waals surface area contributed by atoms with Gasteiger partial charge in [-0.1, -0.05) is 20.3 Å². The van der Waals surface area contributed by atoms with Gasteiger partial charge in [0.05, 0.1) is 0 Å². The molecule has 1 saturated heterocycles. The number of nitrogens with two attached hydrogens (primary N) is 2. The number of rotatable bonds is 6. The van der Waals surface area contributed by atoms with Gasteiger partial charge >= 0.3 is 17.6 Å². The molecule has 146 valence electrons. The molecule has 0 unspecified atom stereocenters. The molecule has 0 spiro atoms. The van der Waals surface area contributed by atoms with E-state index in [1.807, 2.05) is 6.92 Å². The van der Waals surface area contributed by atoms with E-state index in [0.717, 1.165) is 12.3 Å². The molecule has 2 heterocycles. The Hall–Kier alpha value is -2.11. The highest BCUT2D eigenvalue weighted by atomic mass is 19.3. The summed E-state index contributed by atoms with van der Waals surface area (Å²) in [5, 5.41) is 9.84. The molecule has 0 saturated carbocycles. The van der Waals surface area contributed by atoms with E-state index in [1.165, 1.54) is 0 Å². The molecule has 11 heteroatoms. The summed E-state index contributed by atoms with van der Waals surface area (Å²) in [6.07, 6.45) is -4.31. The van der Waals surface area contributed by atoms with Gasteiger partial charge in [0.2, 0.25) is 6.23 Å². The number of aromatic nitrogens is 2. The molecule has 5 atom stereocenters. The fourth-order valence-corrected chi connectivity index (χ4v) is 2.46. The van der Waals surface area contributed by atoms with Gasteiger partial charge in [0.15, 0.2) is 6.10 Å². The van der Waals surface area contributed by atoms with Crippen LogP contribution in [0.4, 0.5) is 14.6 Å². The van der Waals surface area contributed by atoms with Crippen molar-refractivity contribution in [3.8, 4) is 0 Å². The number of nitrogens with zero attached hydrogens (tertiary/aromatic N) is 2. The summed E-state index contributed by atoms with van der Waals surface area (Å²) < 4.78 is 39.2. The molecule has 1 aliphatic rings. The minimum Gasteiger partial charge on any atom is -0.462 e. The summed E-state index contributed by atoms with van der Waals surface area (Å²) in [5.41, 5.74) is 9.97. The lowest BCUT2D eigenvalue weighted by Gasteiger charge is -2.20. The second-order valence-corrected chi connectivity index (χ2v) is 6.23. The molecule has 1 fully saturated rings. The molecule has 9 nitrogen and oxygen atoms in total. The number of alkyl halides is 2. The van der Waals surface area contributed by atoms with Crippen LogP contribution in [0.3, 0.4) is 0 Å². The molecule has 0 bridgehead atoms. The van der Waals surface area contributed by atoms with Gasteiger partial charge in [0.25, 0.3) is 0 Å². The molecule has 0 radical (unpaired) electrons. The van der Waals surface area contributed by atoms with Crippen molar-refractivity contribution in [1.29, 1.82) is 0 Å². The number of carbonyl (C=O) groups is 1. The van der Waals surface area contributed by atoms with Gasteiger partial charge in [-0.05, 0) is 12.0 Å². The second-order valence-electron chi connectivity index (χ2n) is 6.23. The molecule has 26 heavy (non-hydrogen) atoms. The molecule has 1 aromatic heterocycles. The van der Waals surface area contributed by atoms with E-state index in [0.29, 0.717) is 11.0 Å². The molecule has 5 N–H and O–H groups in total. The molecule has 1 aliphatic heterocycles. The first kappa shape index (κ1) is 20.2. The van der Waals surface area contributed by atoms with Gasteiger partial charge in [-0.15, -0.1) is 0 Å². The Bertz CT molecular complexity index is 714. The molecule has 1 aromatic rings. The standard InChI is InChI=1S/C15H22F2N4O5/c1-3-7(2)10(19)12(23)25-6-8-11(22)15(16,17)13(26-8)21-5-4-9(18)20-14(21)24/h4-5,7-8,10-11,13,22H,3,6,19H2,1-2H3,(H2,18,20,24)/t7-,8+,10-,11+,13+/m0/s1. The summed E-state index contributed by atoms with van der Waals surface area (Å²) in [4.78, 5) is 27.0. The van der Waals surface area contributed by atoms with Gasteiger partial charge in [-0.3, -0.25) is 9.36 Å². The van der Waals surface area contributed by atoms with Crippen molar-refractivity contribution in [1.82, 2.24) is 9.55 Å². The van der Waals surface area contributed by atoms with Crippen molar-refractivity contribution in [2.24, 2.45) is 11.7 Å². The Morgan fingerprint density at radius 1 is 1.58 bits per heavy atom. The zero-order valence-corrected chi connectivity index (χ0v) is 14.3. The highest BCUT2D eigenvalue weighted by Crippen LogP contribution is 2.42. The van der Waals surface area contributed by atoms with E-state index >= 15 is 0 Å². The number of esters is 1. The third-order valence-electron chi connectivity index (χ3n) is 4.40. The first-order valence-corrected chi connectivity index (χ1v) is 8.07. The number of hydrogen-bond acceptors (Lipinski definition) is 8. The summed E-state index contributed by atoms with van der Waals surface area (Å²) in [7, 11) is 0. The Labute approximate surface area is 147 Å². The quantitative estimate of drug-likeness (QED) is 0.571. The third kappa shape index (κ3) is 3.84. The summed E-state index contributed by atoms with van der Waals surface area (Å²) in [5.74, 6) is -4.89. The Balaban J connectivity index is 2.11. The van der Waals surface area contributed by atoms with Crippen LogP contribution in [-0.4, -0.2) is 51.4 Å². The van der Waals surface area contributed by atoms with Crippen LogP contribution in [-0.2, 0) is 14.3 Å². The van der Waals surface area contributed by atoms with E-state index in [-0.39, 0.29) is 11.7 Å². The predicted molar refractivity (Wildman–Crippen MR) is 86.2 cm³/mol. The topological polar surface area (TPSA) is 143 Å². The van der Waals surface area contributed by atoms with Crippen LogP contribution in [0.1, 0.15) is 26.5 Å². The van der Waals surface area contributed by atoms with Gasteiger partial charge in [0.1, 0.15) is 24.6 Å². The fourth-order valence-electron chi connectivity index (χ4n) is 2.46. The zero-order chi connectivity index (χ0) is 19.6. The number of nitrogen functional groups attached to an aromatic ring is 1. The van der Waals surface area contributed by atoms with Gasteiger partial charge < -0.3 is 26.0 Å². The normalized spacial score (nSPS) is 27.1. The predicted octanol–water partition coefficient (Wildman–Crippen LogP) is -0.364. The Morgan fingerprint density at radius 3 is 2.81 bits per heavy atom. The highest BCUT2D eigenvalue weighted by molar-refractivity contribution is 5.75. The maximum atomic E-state index is 14.3. The molecule has 0 amide bonds. The van der Waals surface area contributed by atoms with Crippen molar-refractivity contribution in [3.63, 3.8) is 0 Å². The third-order valence-corrected chi connectivity index (χ3v) is 4.40. The number of aliphatic hydroxyl groups is 1. The lowest BCUT2D eigenvalue weighted by molar-refractivity contribution is -0.153. The average Bonchev–Trinajstić information content (AvgIpc) is 2.81. The summed E-state index contributed by atoms with van der Waals surface area (Å²) in [6, 6.07) is 0.227. The number of ether oxygens (including phenoxy) is 2. The zero-order valence-electron chi connectivity index (χ0n) is 14.3. The lowest BCUT2D eigenvalue weighted by Crippen LogP contribution is -2.43. The van der Waals surface area contributed by atoms with Crippen LogP contribution in [0.25, 0.3) is 0 Å². The highest BCUT2D eigenvalue weighted by Gasteiger charge is 2.60. The van der Waals surface area contributed by atoms with Gasteiger partial charge in [0, 0.05) is 6.20 Å². The Kier molecular flexibility index (Phi) is 5.94. The van der Waals surface area contributed by atoms with E-state index in [9.17, 15) is 23.5 Å². The van der Waals surface area contributed by atoms with Crippen LogP contribution >= 0.6 is 0 Å². The van der Waals surface area contributed by atoms with Crippen molar-refractivity contribution in [3.05, 3.63) is 22.7 Å². The van der Waals surface area contributed by atoms with E-state index in [1.54, 1.807) is 6.92 Å². The van der Waals surface area contributed by atoms with Crippen molar-refractivity contribution < 1.29 is 28.2 Å². The van der Waals surface area contributed by atoms with E-state index < -0.39 is 48.7 Å². The first-order chi connectivity index (χ1) is 12.1. The molecule has 2 rings (SSSR count). The van der Waals surface area contributed by atoms with E-state index in [4.69, 9.17) is 20.9 Å². The van der Waals surface area contributed by atoms with E-state index in [2.05, 4.69) is 4.98 Å². The van der Waals surface area contributed by atoms with Crippen molar-refractivity contribution in [2.75, 3.05) is 12.3 Å². The number of carbonyl (C=O) groups excluding carboxylic acids is 1. The van der Waals surface area contributed by atoms with Crippen molar-refractivity contribution in [2.45, 2.75) is 50.7 Å². The van der Waals surface area contributed by atoms with Crippen LogP contribution in [0.15, 0.2) is 17.1 Å². The van der Waals surface area contributed by atoms with Crippen LogP contribution in [0.5, 0.6) is 0 Å².